The van der Waals surface area contributed by atoms with Crippen LogP contribution in [0, 0.1) is 0 Å². The summed E-state index contributed by atoms with van der Waals surface area (Å²) in [5.41, 5.74) is 7.25. The van der Waals surface area contributed by atoms with Crippen molar-refractivity contribution in [1.82, 2.24) is 4.98 Å². The minimum atomic E-state index is -0.484. The smallest absolute Gasteiger partial charge is 0.337 e. The van der Waals surface area contributed by atoms with E-state index in [0.717, 1.165) is 0 Å². The summed E-state index contributed by atoms with van der Waals surface area (Å²) in [6.45, 7) is 0. The Kier molecular flexibility index (Phi) is 3.95. The maximum absolute atomic E-state index is 11.9. The number of carbonyl (C=O) groups is 2. The highest BCUT2D eigenvalue weighted by atomic mass is 16.5. The number of carbonyl (C=O) groups excluding carboxylic acids is 2. The summed E-state index contributed by atoms with van der Waals surface area (Å²) in [4.78, 5) is 27.2. The van der Waals surface area contributed by atoms with Crippen LogP contribution in [0.25, 0.3) is 0 Å². The monoisotopic (exact) mass is 271 g/mol. The zero-order chi connectivity index (χ0) is 14.5. The van der Waals surface area contributed by atoms with Crippen LogP contribution in [0.2, 0.25) is 0 Å². The van der Waals surface area contributed by atoms with E-state index in [2.05, 4.69) is 15.0 Å². The molecule has 0 spiro atoms. The van der Waals surface area contributed by atoms with E-state index >= 15 is 0 Å². The lowest BCUT2D eigenvalue weighted by molar-refractivity contribution is 0.0600. The van der Waals surface area contributed by atoms with Crippen molar-refractivity contribution in [2.75, 3.05) is 18.2 Å². The molecule has 1 aromatic carbocycles. The van der Waals surface area contributed by atoms with Gasteiger partial charge in [-0.25, -0.2) is 4.79 Å². The Bertz CT molecular complexity index is 641. The first-order valence-electron chi connectivity index (χ1n) is 5.81. The Balaban J connectivity index is 2.18. The predicted octanol–water partition coefficient (Wildman–Crippen LogP) is 1.70. The van der Waals surface area contributed by atoms with Crippen molar-refractivity contribution in [3.05, 3.63) is 53.9 Å². The van der Waals surface area contributed by atoms with Gasteiger partial charge in [-0.2, -0.15) is 0 Å². The molecule has 0 unspecified atom stereocenters. The van der Waals surface area contributed by atoms with Gasteiger partial charge in [0, 0.05) is 12.4 Å². The van der Waals surface area contributed by atoms with Crippen LogP contribution in [-0.2, 0) is 4.74 Å². The van der Waals surface area contributed by atoms with Gasteiger partial charge in [0.2, 0.25) is 0 Å². The molecule has 0 bridgehead atoms. The number of nitrogens with two attached hydrogens (primary N) is 1. The number of anilines is 2. The summed E-state index contributed by atoms with van der Waals surface area (Å²) in [5, 5.41) is 2.65. The van der Waals surface area contributed by atoms with Crippen molar-refractivity contribution in [1.29, 1.82) is 0 Å². The lowest BCUT2D eigenvalue weighted by Crippen LogP contribution is -2.14. The topological polar surface area (TPSA) is 94.3 Å². The minimum Gasteiger partial charge on any atom is -0.465 e. The molecule has 1 heterocycles. The first-order chi connectivity index (χ1) is 9.61. The number of nitrogen functional groups attached to an aromatic ring is 1. The van der Waals surface area contributed by atoms with Gasteiger partial charge in [-0.1, -0.05) is 0 Å². The SMILES string of the molecule is COC(=O)c1ccc(NC(=O)c2cccnc2)c(N)c1. The molecule has 102 valence electrons. The molecule has 0 saturated heterocycles. The number of aromatic nitrogens is 1. The predicted molar refractivity (Wildman–Crippen MR) is 74.4 cm³/mol. The van der Waals surface area contributed by atoms with Gasteiger partial charge in [0.05, 0.1) is 29.6 Å². The lowest BCUT2D eigenvalue weighted by Gasteiger charge is -2.09. The normalized spacial score (nSPS) is 9.85. The largest absolute Gasteiger partial charge is 0.465 e. The van der Waals surface area contributed by atoms with Crippen molar-refractivity contribution in [3.63, 3.8) is 0 Å². The Morgan fingerprint density at radius 2 is 2.05 bits per heavy atom. The van der Waals surface area contributed by atoms with Gasteiger partial charge in [-0.15, -0.1) is 0 Å². The number of methoxy groups -OCH3 is 1. The zero-order valence-electron chi connectivity index (χ0n) is 10.8. The van der Waals surface area contributed by atoms with E-state index in [4.69, 9.17) is 5.73 Å². The highest BCUT2D eigenvalue weighted by Crippen LogP contribution is 2.21. The number of rotatable bonds is 3. The molecule has 1 aromatic heterocycles. The van der Waals surface area contributed by atoms with Gasteiger partial charge < -0.3 is 15.8 Å². The fourth-order valence-corrected chi connectivity index (χ4v) is 1.61. The van der Waals surface area contributed by atoms with Crippen LogP contribution < -0.4 is 11.1 Å². The summed E-state index contributed by atoms with van der Waals surface area (Å²) in [6, 6.07) is 7.83. The van der Waals surface area contributed by atoms with E-state index in [1.54, 1.807) is 24.4 Å². The molecule has 0 atom stereocenters. The minimum absolute atomic E-state index is 0.283. The van der Waals surface area contributed by atoms with Gasteiger partial charge in [-0.05, 0) is 30.3 Å². The van der Waals surface area contributed by atoms with Gasteiger partial charge in [0.1, 0.15) is 0 Å². The van der Waals surface area contributed by atoms with E-state index in [0.29, 0.717) is 16.8 Å². The first kappa shape index (κ1) is 13.5. The van der Waals surface area contributed by atoms with Crippen molar-refractivity contribution in [3.8, 4) is 0 Å². The average Bonchev–Trinajstić information content (AvgIpc) is 2.49. The van der Waals surface area contributed by atoms with E-state index in [1.807, 2.05) is 0 Å². The summed E-state index contributed by atoms with van der Waals surface area (Å²) in [7, 11) is 1.29. The van der Waals surface area contributed by atoms with Crippen molar-refractivity contribution in [2.24, 2.45) is 0 Å². The number of nitrogens with one attached hydrogen (secondary N) is 1. The first-order valence-corrected chi connectivity index (χ1v) is 5.81. The van der Waals surface area contributed by atoms with Crippen LogP contribution in [-0.4, -0.2) is 24.0 Å². The number of pyridine rings is 1. The van der Waals surface area contributed by atoms with Gasteiger partial charge in [-0.3, -0.25) is 9.78 Å². The van der Waals surface area contributed by atoms with Crippen LogP contribution in [0.4, 0.5) is 11.4 Å². The zero-order valence-corrected chi connectivity index (χ0v) is 10.8. The summed E-state index contributed by atoms with van der Waals surface area (Å²) >= 11 is 0. The third kappa shape index (κ3) is 2.92. The van der Waals surface area contributed by atoms with Gasteiger partial charge >= 0.3 is 5.97 Å². The van der Waals surface area contributed by atoms with E-state index in [1.165, 1.54) is 25.4 Å². The van der Waals surface area contributed by atoms with Crippen LogP contribution >= 0.6 is 0 Å². The van der Waals surface area contributed by atoms with E-state index in [9.17, 15) is 9.59 Å². The molecule has 0 aliphatic carbocycles. The Labute approximate surface area is 115 Å². The van der Waals surface area contributed by atoms with E-state index < -0.39 is 5.97 Å². The molecule has 6 heteroatoms. The maximum Gasteiger partial charge on any atom is 0.337 e. The highest BCUT2D eigenvalue weighted by Gasteiger charge is 2.11. The van der Waals surface area contributed by atoms with Crippen molar-refractivity contribution in [2.45, 2.75) is 0 Å². The third-order valence-corrected chi connectivity index (χ3v) is 2.64. The molecule has 0 saturated carbocycles. The van der Waals surface area contributed by atoms with Crippen LogP contribution in [0.3, 0.4) is 0 Å². The Morgan fingerprint density at radius 3 is 2.65 bits per heavy atom. The molecule has 0 aliphatic heterocycles. The van der Waals surface area contributed by atoms with Crippen molar-refractivity contribution >= 4 is 23.3 Å². The number of ether oxygens (including phenoxy) is 1. The summed E-state index contributed by atoms with van der Waals surface area (Å²) < 4.78 is 4.59. The average molecular weight is 271 g/mol. The van der Waals surface area contributed by atoms with Gasteiger partial charge in [0.15, 0.2) is 0 Å². The quantitative estimate of drug-likeness (QED) is 0.654. The Hall–Kier alpha value is -2.89. The molecule has 0 fully saturated rings. The standard InChI is InChI=1S/C14H13N3O3/c1-20-14(19)9-4-5-12(11(15)7-9)17-13(18)10-3-2-6-16-8-10/h2-8H,15H2,1H3,(H,17,18). The molecule has 2 aromatic rings. The number of esters is 1. The number of benzene rings is 1. The summed E-state index contributed by atoms with van der Waals surface area (Å²) in [5.74, 6) is -0.808. The highest BCUT2D eigenvalue weighted by molar-refractivity contribution is 6.06. The molecule has 0 aliphatic rings. The second kappa shape index (κ2) is 5.83. The van der Waals surface area contributed by atoms with E-state index in [-0.39, 0.29) is 11.6 Å². The van der Waals surface area contributed by atoms with Gasteiger partial charge in [0.25, 0.3) is 5.91 Å². The lowest BCUT2D eigenvalue weighted by atomic mass is 10.1. The molecule has 20 heavy (non-hydrogen) atoms. The Morgan fingerprint density at radius 1 is 1.25 bits per heavy atom. The van der Waals surface area contributed by atoms with Crippen LogP contribution in [0.15, 0.2) is 42.7 Å². The molecule has 2 rings (SSSR count). The molecule has 3 N–H and O–H groups in total. The summed E-state index contributed by atoms with van der Waals surface area (Å²) in [6.07, 6.45) is 3.03. The molecular formula is C14H13N3O3. The number of nitrogens with zero attached hydrogens (tertiary/aromatic N) is 1. The molecule has 1 amide bonds. The fraction of sp³-hybridized carbons (Fsp3) is 0.0714. The maximum atomic E-state index is 11.9. The molecule has 6 nitrogen and oxygen atoms in total. The van der Waals surface area contributed by atoms with Crippen molar-refractivity contribution < 1.29 is 14.3 Å². The number of hydrogen-bond acceptors (Lipinski definition) is 5. The molecular weight excluding hydrogens is 258 g/mol. The third-order valence-electron chi connectivity index (χ3n) is 2.64. The van der Waals surface area contributed by atoms with Crippen LogP contribution in [0.1, 0.15) is 20.7 Å². The van der Waals surface area contributed by atoms with Crippen LogP contribution in [0.5, 0.6) is 0 Å². The second-order valence-electron chi connectivity index (χ2n) is 3.99. The molecule has 0 radical (unpaired) electrons. The fourth-order valence-electron chi connectivity index (χ4n) is 1.61. The number of amides is 1. The number of hydrogen-bond donors (Lipinski definition) is 2. The second-order valence-corrected chi connectivity index (χ2v) is 3.99.